The Labute approximate surface area is 120 Å². The third-order valence-electron chi connectivity index (χ3n) is 4.91. The van der Waals surface area contributed by atoms with E-state index in [0.29, 0.717) is 5.92 Å². The van der Waals surface area contributed by atoms with Crippen molar-refractivity contribution in [2.75, 3.05) is 19.6 Å². The monoisotopic (exact) mass is 273 g/mol. The summed E-state index contributed by atoms with van der Waals surface area (Å²) in [6.45, 7) is 2.98. The van der Waals surface area contributed by atoms with Gasteiger partial charge in [-0.25, -0.2) is 0 Å². The van der Waals surface area contributed by atoms with Crippen molar-refractivity contribution in [2.24, 2.45) is 5.92 Å². The van der Waals surface area contributed by atoms with Crippen molar-refractivity contribution in [3.05, 3.63) is 35.4 Å². The first kappa shape index (κ1) is 13.6. The molecule has 1 N–H and O–H groups in total. The van der Waals surface area contributed by atoms with E-state index < -0.39 is 5.97 Å². The zero-order valence-corrected chi connectivity index (χ0v) is 11.9. The normalized spacial score (nSPS) is 24.3. The van der Waals surface area contributed by atoms with E-state index in [-0.39, 0.29) is 5.92 Å². The van der Waals surface area contributed by atoms with Gasteiger partial charge in [0.2, 0.25) is 0 Å². The van der Waals surface area contributed by atoms with E-state index in [1.165, 1.54) is 30.4 Å². The summed E-state index contributed by atoms with van der Waals surface area (Å²) in [5.74, 6) is -0.0983. The number of hydrogen-bond donors (Lipinski definition) is 1. The van der Waals surface area contributed by atoms with Gasteiger partial charge in [0.15, 0.2) is 0 Å². The van der Waals surface area contributed by atoms with E-state index >= 15 is 0 Å². The minimum atomic E-state index is -0.618. The zero-order chi connectivity index (χ0) is 13.9. The van der Waals surface area contributed by atoms with Gasteiger partial charge in [-0.15, -0.1) is 0 Å². The summed E-state index contributed by atoms with van der Waals surface area (Å²) in [5.41, 5.74) is 3.04. The van der Waals surface area contributed by atoms with Crippen LogP contribution in [-0.4, -0.2) is 35.6 Å². The Balaban J connectivity index is 1.61. The molecule has 1 aliphatic heterocycles. The van der Waals surface area contributed by atoms with E-state index in [2.05, 4.69) is 29.2 Å². The molecule has 1 aromatic carbocycles. The van der Waals surface area contributed by atoms with Gasteiger partial charge in [-0.05, 0) is 62.2 Å². The number of carboxylic acid groups (broad SMARTS) is 1. The second kappa shape index (κ2) is 5.96. The number of piperidine rings is 1. The highest BCUT2D eigenvalue weighted by atomic mass is 16.4. The summed E-state index contributed by atoms with van der Waals surface area (Å²) in [5, 5.41) is 9.06. The molecule has 1 aliphatic carbocycles. The van der Waals surface area contributed by atoms with Gasteiger partial charge in [-0.2, -0.15) is 0 Å². The predicted octanol–water partition coefficient (Wildman–Crippen LogP) is 2.90. The first-order chi connectivity index (χ1) is 9.74. The van der Waals surface area contributed by atoms with E-state index in [1.807, 2.05) is 0 Å². The first-order valence-corrected chi connectivity index (χ1v) is 7.77. The number of rotatable bonds is 3. The van der Waals surface area contributed by atoms with Gasteiger partial charge in [0, 0.05) is 6.54 Å². The van der Waals surface area contributed by atoms with Gasteiger partial charge < -0.3 is 10.0 Å². The van der Waals surface area contributed by atoms with E-state index in [1.54, 1.807) is 0 Å². The predicted molar refractivity (Wildman–Crippen MR) is 78.9 cm³/mol. The molecule has 3 nitrogen and oxygen atoms in total. The molecule has 0 amide bonds. The number of aryl methyl sites for hydroxylation is 1. The molecule has 1 unspecified atom stereocenters. The Kier molecular flexibility index (Phi) is 4.06. The molecule has 1 heterocycles. The SMILES string of the molecule is O=C(O)C1CCN(CC2CCCc3ccccc32)CC1. The van der Waals surface area contributed by atoms with Crippen molar-refractivity contribution in [2.45, 2.75) is 38.0 Å². The maximum atomic E-state index is 11.0. The van der Waals surface area contributed by atoms with Crippen LogP contribution in [0.3, 0.4) is 0 Å². The fourth-order valence-electron chi connectivity index (χ4n) is 3.72. The van der Waals surface area contributed by atoms with Gasteiger partial charge >= 0.3 is 5.97 Å². The maximum absolute atomic E-state index is 11.0. The highest BCUT2D eigenvalue weighted by Gasteiger charge is 2.27. The van der Waals surface area contributed by atoms with Crippen molar-refractivity contribution in [3.63, 3.8) is 0 Å². The van der Waals surface area contributed by atoms with Crippen LogP contribution in [0.1, 0.15) is 42.7 Å². The van der Waals surface area contributed by atoms with Gasteiger partial charge in [-0.3, -0.25) is 4.79 Å². The molecule has 0 bridgehead atoms. The fraction of sp³-hybridized carbons (Fsp3) is 0.588. The molecule has 3 heteroatoms. The molecule has 1 aromatic rings. The molecule has 20 heavy (non-hydrogen) atoms. The molecule has 0 spiro atoms. The molecule has 3 rings (SSSR count). The average Bonchev–Trinajstić information content (AvgIpc) is 2.48. The van der Waals surface area contributed by atoms with Crippen LogP contribution in [0.25, 0.3) is 0 Å². The standard InChI is InChI=1S/C17H23NO2/c19-17(20)14-8-10-18(11-9-14)12-15-6-3-5-13-4-1-2-7-16(13)15/h1-2,4,7,14-15H,3,5-6,8-12H2,(H,19,20). The topological polar surface area (TPSA) is 40.5 Å². The van der Waals surface area contributed by atoms with Crippen molar-refractivity contribution >= 4 is 5.97 Å². The Bertz CT molecular complexity index is 478. The Hall–Kier alpha value is -1.35. The molecule has 2 aliphatic rings. The highest BCUT2D eigenvalue weighted by molar-refractivity contribution is 5.70. The highest BCUT2D eigenvalue weighted by Crippen LogP contribution is 2.32. The summed E-state index contributed by atoms with van der Waals surface area (Å²) in [7, 11) is 0. The second-order valence-corrected chi connectivity index (χ2v) is 6.20. The summed E-state index contributed by atoms with van der Waals surface area (Å²) in [6.07, 6.45) is 5.39. The molecule has 1 fully saturated rings. The number of benzene rings is 1. The van der Waals surface area contributed by atoms with Crippen LogP contribution < -0.4 is 0 Å². The van der Waals surface area contributed by atoms with Crippen molar-refractivity contribution in [1.29, 1.82) is 0 Å². The molecule has 0 aromatic heterocycles. The van der Waals surface area contributed by atoms with Crippen molar-refractivity contribution in [3.8, 4) is 0 Å². The lowest BCUT2D eigenvalue weighted by Gasteiger charge is -2.35. The summed E-state index contributed by atoms with van der Waals surface area (Å²) in [4.78, 5) is 13.5. The molecule has 1 atom stereocenters. The van der Waals surface area contributed by atoms with Gasteiger partial charge in [-0.1, -0.05) is 24.3 Å². The fourth-order valence-corrected chi connectivity index (χ4v) is 3.72. The minimum Gasteiger partial charge on any atom is -0.481 e. The maximum Gasteiger partial charge on any atom is 0.306 e. The quantitative estimate of drug-likeness (QED) is 0.920. The molecular weight excluding hydrogens is 250 g/mol. The van der Waals surface area contributed by atoms with Crippen LogP contribution >= 0.6 is 0 Å². The lowest BCUT2D eigenvalue weighted by atomic mass is 9.82. The number of aliphatic carboxylic acids is 1. The number of carboxylic acids is 1. The number of nitrogens with zero attached hydrogens (tertiary/aromatic N) is 1. The van der Waals surface area contributed by atoms with E-state index in [0.717, 1.165) is 32.5 Å². The lowest BCUT2D eigenvalue weighted by molar-refractivity contribution is -0.143. The Morgan fingerprint density at radius 1 is 1.20 bits per heavy atom. The Morgan fingerprint density at radius 2 is 1.95 bits per heavy atom. The first-order valence-electron chi connectivity index (χ1n) is 7.77. The number of likely N-dealkylation sites (tertiary alicyclic amines) is 1. The van der Waals surface area contributed by atoms with Crippen molar-refractivity contribution in [1.82, 2.24) is 4.90 Å². The number of carbonyl (C=O) groups is 1. The molecule has 108 valence electrons. The molecule has 1 saturated heterocycles. The number of hydrogen-bond acceptors (Lipinski definition) is 2. The van der Waals surface area contributed by atoms with E-state index in [9.17, 15) is 4.79 Å². The third-order valence-corrected chi connectivity index (χ3v) is 4.91. The van der Waals surface area contributed by atoms with Crippen LogP contribution in [0.5, 0.6) is 0 Å². The third kappa shape index (κ3) is 2.88. The molecule has 0 radical (unpaired) electrons. The Morgan fingerprint density at radius 3 is 2.70 bits per heavy atom. The van der Waals surface area contributed by atoms with Gasteiger partial charge in [0.25, 0.3) is 0 Å². The summed E-state index contributed by atoms with van der Waals surface area (Å²) >= 11 is 0. The summed E-state index contributed by atoms with van der Waals surface area (Å²) < 4.78 is 0. The number of fused-ring (bicyclic) bond motifs is 1. The second-order valence-electron chi connectivity index (χ2n) is 6.20. The summed E-state index contributed by atoms with van der Waals surface area (Å²) in [6, 6.07) is 8.83. The minimum absolute atomic E-state index is 0.120. The van der Waals surface area contributed by atoms with Crippen LogP contribution in [-0.2, 0) is 11.2 Å². The molecule has 0 saturated carbocycles. The zero-order valence-electron chi connectivity index (χ0n) is 11.9. The lowest BCUT2D eigenvalue weighted by Crippen LogP contribution is -2.39. The van der Waals surface area contributed by atoms with Crippen LogP contribution in [0.15, 0.2) is 24.3 Å². The average molecular weight is 273 g/mol. The smallest absolute Gasteiger partial charge is 0.306 e. The van der Waals surface area contributed by atoms with Crippen LogP contribution in [0.4, 0.5) is 0 Å². The van der Waals surface area contributed by atoms with Crippen LogP contribution in [0.2, 0.25) is 0 Å². The van der Waals surface area contributed by atoms with Gasteiger partial charge in [0.05, 0.1) is 5.92 Å². The van der Waals surface area contributed by atoms with Gasteiger partial charge in [0.1, 0.15) is 0 Å². The molecular formula is C17H23NO2. The van der Waals surface area contributed by atoms with Crippen molar-refractivity contribution < 1.29 is 9.90 Å². The van der Waals surface area contributed by atoms with Crippen LogP contribution in [0, 0.1) is 5.92 Å². The van der Waals surface area contributed by atoms with E-state index in [4.69, 9.17) is 5.11 Å². The largest absolute Gasteiger partial charge is 0.481 e.